The van der Waals surface area contributed by atoms with Crippen LogP contribution in [0, 0.1) is 0 Å². The Labute approximate surface area is 127 Å². The molecule has 0 bridgehead atoms. The Morgan fingerprint density at radius 2 is 2.00 bits per heavy atom. The maximum Gasteiger partial charge on any atom is 0.243 e. The summed E-state index contributed by atoms with van der Waals surface area (Å²) in [5.41, 5.74) is -1.10. The number of rotatable bonds is 4. The second-order valence-corrected chi connectivity index (χ2v) is 7.06. The van der Waals surface area contributed by atoms with Gasteiger partial charge in [-0.2, -0.15) is 0 Å². The summed E-state index contributed by atoms with van der Waals surface area (Å²) >= 11 is 11.4. The van der Waals surface area contributed by atoms with Crippen molar-refractivity contribution in [2.75, 3.05) is 19.8 Å². The lowest BCUT2D eigenvalue weighted by atomic mass is 9.95. The molecule has 0 radical (unpaired) electrons. The van der Waals surface area contributed by atoms with E-state index in [9.17, 15) is 13.5 Å². The third-order valence-electron chi connectivity index (χ3n) is 3.08. The predicted octanol–water partition coefficient (Wildman–Crippen LogP) is 1.21. The van der Waals surface area contributed by atoms with Crippen molar-refractivity contribution in [1.82, 2.24) is 9.71 Å². The van der Waals surface area contributed by atoms with Crippen molar-refractivity contribution in [3.8, 4) is 0 Å². The zero-order valence-corrected chi connectivity index (χ0v) is 12.8. The number of nitrogens with one attached hydrogen (secondary N) is 1. The Kier molecular flexibility index (Phi) is 4.88. The van der Waals surface area contributed by atoms with Gasteiger partial charge in [-0.25, -0.2) is 18.1 Å². The van der Waals surface area contributed by atoms with Crippen LogP contribution in [0.25, 0.3) is 0 Å². The number of pyridine rings is 1. The molecule has 9 heteroatoms. The molecule has 0 unspecified atom stereocenters. The van der Waals surface area contributed by atoms with E-state index < -0.39 is 15.6 Å². The Bertz CT molecular complexity index is 588. The normalized spacial score (nSPS) is 18.9. The van der Waals surface area contributed by atoms with E-state index in [0.717, 1.165) is 0 Å². The van der Waals surface area contributed by atoms with Crippen molar-refractivity contribution in [2.24, 2.45) is 0 Å². The summed E-state index contributed by atoms with van der Waals surface area (Å²) in [6.07, 6.45) is 0.754. The molecule has 0 spiro atoms. The summed E-state index contributed by atoms with van der Waals surface area (Å²) in [4.78, 5) is 3.51. The summed E-state index contributed by atoms with van der Waals surface area (Å²) in [7, 11) is -3.85. The fourth-order valence-corrected chi connectivity index (χ4v) is 3.61. The summed E-state index contributed by atoms with van der Waals surface area (Å²) in [6.45, 7) is 0.709. The third-order valence-corrected chi connectivity index (χ3v) is 5.13. The number of hydrogen-bond acceptors (Lipinski definition) is 5. The second-order valence-electron chi connectivity index (χ2n) is 4.58. The van der Waals surface area contributed by atoms with Gasteiger partial charge in [-0.05, 0) is 12.1 Å². The van der Waals surface area contributed by atoms with Crippen LogP contribution in [0.5, 0.6) is 0 Å². The summed E-state index contributed by atoms with van der Waals surface area (Å²) in [5.74, 6) is 0. The summed E-state index contributed by atoms with van der Waals surface area (Å²) in [6, 6.07) is 2.61. The van der Waals surface area contributed by atoms with Crippen LogP contribution in [0.1, 0.15) is 12.8 Å². The molecule has 0 aromatic carbocycles. The zero-order valence-electron chi connectivity index (χ0n) is 10.5. The molecular formula is C11H14Cl2N2O4S. The fraction of sp³-hybridized carbons (Fsp3) is 0.545. The minimum absolute atomic E-state index is 0.0996. The predicted molar refractivity (Wildman–Crippen MR) is 74.4 cm³/mol. The van der Waals surface area contributed by atoms with E-state index in [1.807, 2.05) is 0 Å². The van der Waals surface area contributed by atoms with Gasteiger partial charge in [-0.15, -0.1) is 0 Å². The number of nitrogens with zero attached hydrogens (tertiary/aromatic N) is 1. The van der Waals surface area contributed by atoms with Crippen LogP contribution in [-0.4, -0.2) is 43.9 Å². The van der Waals surface area contributed by atoms with Gasteiger partial charge in [-0.3, -0.25) is 0 Å². The van der Waals surface area contributed by atoms with Gasteiger partial charge in [0.1, 0.15) is 10.0 Å². The highest BCUT2D eigenvalue weighted by Crippen LogP contribution is 2.23. The van der Waals surface area contributed by atoms with E-state index in [0.29, 0.717) is 26.1 Å². The minimum atomic E-state index is -3.85. The average molecular weight is 341 g/mol. The molecule has 0 atom stereocenters. The van der Waals surface area contributed by atoms with Crippen molar-refractivity contribution >= 4 is 33.2 Å². The Hall–Kier alpha value is -0.440. The molecule has 0 saturated carbocycles. The van der Waals surface area contributed by atoms with E-state index in [2.05, 4.69) is 9.71 Å². The van der Waals surface area contributed by atoms with Crippen molar-refractivity contribution in [2.45, 2.75) is 23.3 Å². The standard InChI is InChI=1S/C11H14Cl2N2O4S/c12-9-2-1-8(10(13)15-9)20(17,18)14-7-11(16)3-5-19-6-4-11/h1-2,14,16H,3-7H2. The fourth-order valence-electron chi connectivity index (χ4n) is 1.84. The van der Waals surface area contributed by atoms with Crippen molar-refractivity contribution < 1.29 is 18.3 Å². The topological polar surface area (TPSA) is 88.5 Å². The quantitative estimate of drug-likeness (QED) is 0.804. The van der Waals surface area contributed by atoms with E-state index in [1.165, 1.54) is 12.1 Å². The first-order valence-electron chi connectivity index (χ1n) is 5.94. The van der Waals surface area contributed by atoms with Gasteiger partial charge in [0.2, 0.25) is 10.0 Å². The Morgan fingerprint density at radius 1 is 1.35 bits per heavy atom. The van der Waals surface area contributed by atoms with Gasteiger partial charge in [0.25, 0.3) is 0 Å². The van der Waals surface area contributed by atoms with Gasteiger partial charge in [0.05, 0.1) is 5.60 Å². The minimum Gasteiger partial charge on any atom is -0.388 e. The van der Waals surface area contributed by atoms with Gasteiger partial charge in [0.15, 0.2) is 5.15 Å². The van der Waals surface area contributed by atoms with Crippen molar-refractivity contribution in [3.05, 3.63) is 22.4 Å². The Morgan fingerprint density at radius 3 is 2.60 bits per heavy atom. The third kappa shape index (κ3) is 3.81. The molecule has 1 fully saturated rings. The van der Waals surface area contributed by atoms with E-state index in [-0.39, 0.29) is 21.7 Å². The van der Waals surface area contributed by atoms with Crippen LogP contribution in [-0.2, 0) is 14.8 Å². The maximum absolute atomic E-state index is 12.1. The van der Waals surface area contributed by atoms with Crippen LogP contribution in [0.15, 0.2) is 17.0 Å². The van der Waals surface area contributed by atoms with Crippen LogP contribution in [0.2, 0.25) is 10.3 Å². The van der Waals surface area contributed by atoms with Gasteiger partial charge in [0, 0.05) is 32.6 Å². The Balaban J connectivity index is 2.11. The molecule has 1 aliphatic rings. The molecule has 6 nitrogen and oxygen atoms in total. The molecule has 0 amide bonds. The smallest absolute Gasteiger partial charge is 0.243 e. The number of hydrogen-bond donors (Lipinski definition) is 2. The zero-order chi connectivity index (χ0) is 14.8. The lowest BCUT2D eigenvalue weighted by Crippen LogP contribution is -2.46. The molecule has 1 saturated heterocycles. The molecule has 1 aromatic rings. The van der Waals surface area contributed by atoms with Crippen LogP contribution in [0.3, 0.4) is 0 Å². The van der Waals surface area contributed by atoms with Crippen LogP contribution in [0.4, 0.5) is 0 Å². The molecule has 2 heterocycles. The van der Waals surface area contributed by atoms with Crippen LogP contribution < -0.4 is 4.72 Å². The lowest BCUT2D eigenvalue weighted by molar-refractivity contribution is -0.0588. The molecule has 1 aliphatic heterocycles. The van der Waals surface area contributed by atoms with Crippen LogP contribution >= 0.6 is 23.2 Å². The number of aliphatic hydroxyl groups is 1. The highest BCUT2D eigenvalue weighted by Gasteiger charge is 2.32. The SMILES string of the molecule is O=S(=O)(NCC1(O)CCOCC1)c1ccc(Cl)nc1Cl. The number of ether oxygens (including phenoxy) is 1. The first kappa shape index (κ1) is 15.9. The molecule has 0 aliphatic carbocycles. The molecule has 2 N–H and O–H groups in total. The molecule has 112 valence electrons. The van der Waals surface area contributed by atoms with Gasteiger partial charge in [-0.1, -0.05) is 23.2 Å². The molecule has 1 aromatic heterocycles. The highest BCUT2D eigenvalue weighted by atomic mass is 35.5. The number of halogens is 2. The second kappa shape index (κ2) is 6.13. The van der Waals surface area contributed by atoms with Crippen molar-refractivity contribution in [3.63, 3.8) is 0 Å². The molecule has 2 rings (SSSR count). The number of sulfonamides is 1. The first-order valence-corrected chi connectivity index (χ1v) is 8.18. The molecular weight excluding hydrogens is 327 g/mol. The van der Waals surface area contributed by atoms with Gasteiger partial charge >= 0.3 is 0 Å². The van der Waals surface area contributed by atoms with E-state index in [1.54, 1.807) is 0 Å². The van der Waals surface area contributed by atoms with E-state index >= 15 is 0 Å². The highest BCUT2D eigenvalue weighted by molar-refractivity contribution is 7.89. The maximum atomic E-state index is 12.1. The van der Waals surface area contributed by atoms with E-state index in [4.69, 9.17) is 27.9 Å². The summed E-state index contributed by atoms with van der Waals surface area (Å²) < 4.78 is 31.7. The largest absolute Gasteiger partial charge is 0.388 e. The summed E-state index contributed by atoms with van der Waals surface area (Å²) in [5, 5.41) is 10.1. The average Bonchev–Trinajstić information content (AvgIpc) is 2.37. The first-order chi connectivity index (χ1) is 9.32. The lowest BCUT2D eigenvalue weighted by Gasteiger charge is -2.31. The monoisotopic (exact) mass is 340 g/mol. The van der Waals surface area contributed by atoms with Gasteiger partial charge < -0.3 is 9.84 Å². The number of aromatic nitrogens is 1. The van der Waals surface area contributed by atoms with Crippen molar-refractivity contribution in [1.29, 1.82) is 0 Å². The molecule has 20 heavy (non-hydrogen) atoms.